The van der Waals surface area contributed by atoms with Gasteiger partial charge in [0.15, 0.2) is 12.4 Å². The smallest absolute Gasteiger partial charge is 0.282 e. The summed E-state index contributed by atoms with van der Waals surface area (Å²) in [6, 6.07) is 25.5. The minimum absolute atomic E-state index is 0.141. The van der Waals surface area contributed by atoms with Crippen molar-refractivity contribution in [3.8, 4) is 17.3 Å². The zero-order valence-electron chi connectivity index (χ0n) is 22.5. The lowest BCUT2D eigenvalue weighted by Crippen LogP contribution is -2.21. The average Bonchev–Trinajstić information content (AvgIpc) is 3.40. The molecular weight excluding hydrogens is 794 g/mol. The number of amides is 1. The van der Waals surface area contributed by atoms with Crippen LogP contribution in [0, 0.1) is 14.1 Å². The number of anilines is 1. The van der Waals surface area contributed by atoms with Gasteiger partial charge in [0.1, 0.15) is 11.3 Å². The third-order valence-corrected chi connectivity index (χ3v) is 8.32. The molecule has 1 N–H and O–H groups in total. The van der Waals surface area contributed by atoms with Gasteiger partial charge in [-0.2, -0.15) is 9.78 Å². The molecule has 0 atom stereocenters. The largest absolute Gasteiger partial charge is 0.482 e. The molecule has 214 valence electrons. The predicted octanol–water partition coefficient (Wildman–Crippen LogP) is 7.88. The quantitative estimate of drug-likeness (QED) is 0.131. The first-order valence-electron chi connectivity index (χ1n) is 13.0. The van der Waals surface area contributed by atoms with E-state index in [1.165, 1.54) is 4.68 Å². The minimum atomic E-state index is -0.334. The number of aromatic nitrogens is 2. The summed E-state index contributed by atoms with van der Waals surface area (Å²) in [5.74, 6) is 0.971. The van der Waals surface area contributed by atoms with Gasteiger partial charge in [-0.15, -0.1) is 0 Å². The second kappa shape index (κ2) is 12.5. The molecule has 11 heteroatoms. The van der Waals surface area contributed by atoms with Gasteiger partial charge < -0.3 is 14.5 Å². The van der Waals surface area contributed by atoms with Crippen molar-refractivity contribution < 1.29 is 13.9 Å². The Morgan fingerprint density at radius 2 is 1.79 bits per heavy atom. The Hall–Kier alpha value is -3.75. The van der Waals surface area contributed by atoms with E-state index in [4.69, 9.17) is 25.7 Å². The Balaban J connectivity index is 1.29. The van der Waals surface area contributed by atoms with Crippen LogP contribution in [0.1, 0.15) is 11.1 Å². The molecule has 6 aromatic rings. The number of fused-ring (bicyclic) bond motifs is 2. The van der Waals surface area contributed by atoms with Gasteiger partial charge in [-0.3, -0.25) is 9.59 Å². The topological polar surface area (TPSA) is 98.7 Å². The minimum Gasteiger partial charge on any atom is -0.482 e. The molecule has 0 bridgehead atoms. The van der Waals surface area contributed by atoms with Gasteiger partial charge in [0.2, 0.25) is 5.82 Å². The second-order valence-electron chi connectivity index (χ2n) is 9.62. The summed E-state index contributed by atoms with van der Waals surface area (Å²) in [5, 5.41) is 9.17. The first-order valence-corrected chi connectivity index (χ1v) is 15.5. The SMILES string of the molecule is Cc1ccc(NC(=O)COc2c(I)cc(C=Nn3c(-c4cc5cc(Cl)ccc5o4)nc4ccccc4c3=O)cc2I)cc1. The highest BCUT2D eigenvalue weighted by atomic mass is 127. The van der Waals surface area contributed by atoms with Gasteiger partial charge in [0, 0.05) is 16.1 Å². The zero-order chi connectivity index (χ0) is 30.1. The molecule has 2 aromatic heterocycles. The molecular formula is C32H21ClI2N4O4. The van der Waals surface area contributed by atoms with Crippen LogP contribution in [0.5, 0.6) is 5.75 Å². The lowest BCUT2D eigenvalue weighted by molar-refractivity contribution is -0.118. The van der Waals surface area contributed by atoms with Crippen LogP contribution in [-0.2, 0) is 4.79 Å². The maximum Gasteiger partial charge on any atom is 0.282 e. The number of furan rings is 1. The van der Waals surface area contributed by atoms with Gasteiger partial charge in [0.25, 0.3) is 11.5 Å². The molecule has 4 aromatic carbocycles. The molecule has 2 heterocycles. The van der Waals surface area contributed by atoms with Crippen molar-refractivity contribution in [1.82, 2.24) is 9.66 Å². The number of carbonyl (C=O) groups excluding carboxylic acids is 1. The van der Waals surface area contributed by atoms with Crippen molar-refractivity contribution in [1.29, 1.82) is 0 Å². The van der Waals surface area contributed by atoms with E-state index in [9.17, 15) is 9.59 Å². The fraction of sp³-hybridized carbons (Fsp3) is 0.0625. The number of hydrogen-bond acceptors (Lipinski definition) is 6. The van der Waals surface area contributed by atoms with E-state index in [0.29, 0.717) is 38.7 Å². The van der Waals surface area contributed by atoms with Crippen LogP contribution >= 0.6 is 56.8 Å². The van der Waals surface area contributed by atoms with Crippen molar-refractivity contribution in [3.63, 3.8) is 0 Å². The highest BCUT2D eigenvalue weighted by molar-refractivity contribution is 14.1. The summed E-state index contributed by atoms with van der Waals surface area (Å²) in [4.78, 5) is 30.8. The van der Waals surface area contributed by atoms with Crippen molar-refractivity contribution in [2.24, 2.45) is 5.10 Å². The Labute approximate surface area is 278 Å². The van der Waals surface area contributed by atoms with Gasteiger partial charge in [-0.25, -0.2) is 4.98 Å². The van der Waals surface area contributed by atoms with E-state index in [1.807, 2.05) is 49.4 Å². The maximum absolute atomic E-state index is 13.6. The Kier molecular flexibility index (Phi) is 8.50. The standard InChI is InChI=1S/C32H21ClI2N4O4/c1-18-6-9-22(10-7-18)37-29(40)17-42-30-24(34)12-19(13-25(30)35)16-36-39-31(38-26-5-3-2-4-23(26)32(39)41)28-15-20-14-21(33)8-11-27(20)43-28/h2-16H,17H2,1H3,(H,37,40). The molecule has 0 spiro atoms. The summed E-state index contributed by atoms with van der Waals surface area (Å²) in [5.41, 5.74) is 3.36. The lowest BCUT2D eigenvalue weighted by Gasteiger charge is -2.12. The Morgan fingerprint density at radius 1 is 1.05 bits per heavy atom. The average molecular weight is 815 g/mol. The van der Waals surface area contributed by atoms with Crippen molar-refractivity contribution in [2.45, 2.75) is 6.92 Å². The van der Waals surface area contributed by atoms with Crippen LogP contribution in [-0.4, -0.2) is 28.4 Å². The molecule has 0 aliphatic rings. The number of ether oxygens (including phenoxy) is 1. The molecule has 0 aliphatic carbocycles. The number of para-hydroxylation sites is 1. The monoisotopic (exact) mass is 814 g/mol. The molecule has 0 radical (unpaired) electrons. The number of benzene rings is 4. The number of aryl methyl sites for hydroxylation is 1. The lowest BCUT2D eigenvalue weighted by atomic mass is 10.2. The van der Waals surface area contributed by atoms with Crippen LogP contribution in [0.25, 0.3) is 33.5 Å². The second-order valence-corrected chi connectivity index (χ2v) is 12.4. The van der Waals surface area contributed by atoms with Gasteiger partial charge in [0.05, 0.1) is 24.3 Å². The highest BCUT2D eigenvalue weighted by Gasteiger charge is 2.17. The van der Waals surface area contributed by atoms with E-state index in [1.54, 1.807) is 48.7 Å². The number of carbonyl (C=O) groups is 1. The van der Waals surface area contributed by atoms with Crippen molar-refractivity contribution in [3.05, 3.63) is 119 Å². The number of hydrogen-bond donors (Lipinski definition) is 1. The fourth-order valence-electron chi connectivity index (χ4n) is 4.40. The number of halogens is 3. The van der Waals surface area contributed by atoms with Crippen LogP contribution in [0.3, 0.4) is 0 Å². The molecule has 0 unspecified atom stereocenters. The van der Waals surface area contributed by atoms with Gasteiger partial charge in [-0.05, 0) is 118 Å². The predicted molar refractivity (Wildman–Crippen MR) is 186 cm³/mol. The number of nitrogens with zero attached hydrogens (tertiary/aromatic N) is 3. The maximum atomic E-state index is 13.6. The Bertz CT molecular complexity index is 2080. The molecule has 43 heavy (non-hydrogen) atoms. The Morgan fingerprint density at radius 3 is 2.56 bits per heavy atom. The first kappa shape index (κ1) is 29.3. The normalized spacial score (nSPS) is 11.4. The summed E-state index contributed by atoms with van der Waals surface area (Å²) in [7, 11) is 0. The molecule has 0 saturated carbocycles. The van der Waals surface area contributed by atoms with Crippen molar-refractivity contribution >= 4 is 96.5 Å². The number of rotatable bonds is 7. The third kappa shape index (κ3) is 6.45. The molecule has 0 fully saturated rings. The van der Waals surface area contributed by atoms with Crippen LogP contribution in [0.15, 0.2) is 99.2 Å². The molecule has 0 aliphatic heterocycles. The van der Waals surface area contributed by atoms with E-state index in [0.717, 1.165) is 23.7 Å². The van der Waals surface area contributed by atoms with E-state index >= 15 is 0 Å². The van der Waals surface area contributed by atoms with Crippen LogP contribution < -0.4 is 15.6 Å². The summed E-state index contributed by atoms with van der Waals surface area (Å²) in [6.07, 6.45) is 1.58. The van der Waals surface area contributed by atoms with Crippen molar-refractivity contribution in [2.75, 3.05) is 11.9 Å². The summed E-state index contributed by atoms with van der Waals surface area (Å²) < 4.78 is 14.7. The third-order valence-electron chi connectivity index (χ3n) is 6.48. The molecule has 0 saturated heterocycles. The number of nitrogens with one attached hydrogen (secondary N) is 1. The van der Waals surface area contributed by atoms with Crippen LogP contribution in [0.2, 0.25) is 5.02 Å². The summed E-state index contributed by atoms with van der Waals surface area (Å²) >= 11 is 10.5. The first-order chi connectivity index (χ1) is 20.7. The van der Waals surface area contributed by atoms with Crippen LogP contribution in [0.4, 0.5) is 5.69 Å². The zero-order valence-corrected chi connectivity index (χ0v) is 27.5. The summed E-state index contributed by atoms with van der Waals surface area (Å²) in [6.45, 7) is 1.85. The van der Waals surface area contributed by atoms with Gasteiger partial charge >= 0.3 is 0 Å². The molecule has 1 amide bonds. The van der Waals surface area contributed by atoms with E-state index < -0.39 is 0 Å². The van der Waals surface area contributed by atoms with E-state index in [-0.39, 0.29) is 23.9 Å². The highest BCUT2D eigenvalue weighted by Crippen LogP contribution is 2.30. The fourth-order valence-corrected chi connectivity index (χ4v) is 6.71. The molecule has 8 nitrogen and oxygen atoms in total. The van der Waals surface area contributed by atoms with Gasteiger partial charge in [-0.1, -0.05) is 41.4 Å². The van der Waals surface area contributed by atoms with E-state index in [2.05, 4.69) is 55.6 Å². The molecule has 6 rings (SSSR count).